The second kappa shape index (κ2) is 10.3. The monoisotopic (exact) mass is 510 g/mol. The molecule has 186 valence electrons. The molecule has 0 atom stereocenters. The lowest BCUT2D eigenvalue weighted by molar-refractivity contribution is -0.136. The van der Waals surface area contributed by atoms with Crippen LogP contribution in [0.4, 0.5) is 5.69 Å². The maximum atomic E-state index is 12.6. The van der Waals surface area contributed by atoms with Crippen molar-refractivity contribution in [2.75, 3.05) is 31.8 Å². The Hall–Kier alpha value is -3.95. The molecule has 2 aliphatic rings. The van der Waals surface area contributed by atoms with Crippen LogP contribution in [0.2, 0.25) is 5.02 Å². The first-order chi connectivity index (χ1) is 17.3. The SMILES string of the molecule is COC(=O)C1=C(C)N(c2ccccc2Cl)C(COCCN2C(=O)c3ccccc3C2=O)=C(C(=O)O)C1. The maximum Gasteiger partial charge on any atom is 0.335 e. The summed E-state index contributed by atoms with van der Waals surface area (Å²) in [5, 5.41) is 10.3. The van der Waals surface area contributed by atoms with Gasteiger partial charge in [0.1, 0.15) is 0 Å². The number of ether oxygens (including phenoxy) is 2. The van der Waals surface area contributed by atoms with Crippen molar-refractivity contribution < 1.29 is 33.8 Å². The zero-order valence-electron chi connectivity index (χ0n) is 19.6. The number of anilines is 1. The van der Waals surface area contributed by atoms with E-state index in [4.69, 9.17) is 21.1 Å². The van der Waals surface area contributed by atoms with Crippen molar-refractivity contribution in [3.63, 3.8) is 0 Å². The number of carboxylic acids is 1. The van der Waals surface area contributed by atoms with E-state index in [1.54, 1.807) is 60.4 Å². The normalized spacial score (nSPS) is 15.5. The molecule has 2 heterocycles. The van der Waals surface area contributed by atoms with Crippen LogP contribution in [-0.2, 0) is 19.1 Å². The molecule has 0 saturated heterocycles. The summed E-state index contributed by atoms with van der Waals surface area (Å²) < 4.78 is 10.6. The van der Waals surface area contributed by atoms with Crippen LogP contribution in [0, 0.1) is 0 Å². The average Bonchev–Trinajstić information content (AvgIpc) is 3.11. The summed E-state index contributed by atoms with van der Waals surface area (Å²) in [4.78, 5) is 52.5. The molecule has 2 aliphatic heterocycles. The van der Waals surface area contributed by atoms with Crippen molar-refractivity contribution in [2.45, 2.75) is 13.3 Å². The van der Waals surface area contributed by atoms with Gasteiger partial charge in [0.25, 0.3) is 11.8 Å². The Bertz CT molecular complexity index is 1300. The van der Waals surface area contributed by atoms with Gasteiger partial charge in [-0.2, -0.15) is 0 Å². The number of fused-ring (bicyclic) bond motifs is 1. The molecule has 4 rings (SSSR count). The number of nitrogens with zero attached hydrogens (tertiary/aromatic N) is 2. The van der Waals surface area contributed by atoms with Crippen LogP contribution in [0.3, 0.4) is 0 Å². The average molecular weight is 511 g/mol. The van der Waals surface area contributed by atoms with Gasteiger partial charge in [0.15, 0.2) is 0 Å². The number of hydrogen-bond acceptors (Lipinski definition) is 7. The number of carboxylic acid groups (broad SMARTS) is 1. The number of rotatable bonds is 8. The number of methoxy groups -OCH3 is 1. The maximum absolute atomic E-state index is 12.6. The fourth-order valence-electron chi connectivity index (χ4n) is 4.30. The van der Waals surface area contributed by atoms with Crippen molar-refractivity contribution in [1.29, 1.82) is 0 Å². The Balaban J connectivity index is 1.58. The molecule has 0 radical (unpaired) electrons. The highest BCUT2D eigenvalue weighted by Crippen LogP contribution is 2.39. The van der Waals surface area contributed by atoms with Gasteiger partial charge in [0.2, 0.25) is 0 Å². The number of carbonyl (C=O) groups excluding carboxylic acids is 3. The molecule has 2 amide bonds. The number of hydrogen-bond donors (Lipinski definition) is 1. The molecule has 0 fully saturated rings. The highest BCUT2D eigenvalue weighted by atomic mass is 35.5. The molecule has 9 nitrogen and oxygen atoms in total. The third-order valence-electron chi connectivity index (χ3n) is 6.10. The molecule has 0 saturated carbocycles. The third-order valence-corrected chi connectivity index (χ3v) is 6.42. The topological polar surface area (TPSA) is 113 Å². The third kappa shape index (κ3) is 4.50. The van der Waals surface area contributed by atoms with Gasteiger partial charge in [-0.3, -0.25) is 14.5 Å². The van der Waals surface area contributed by atoms with Gasteiger partial charge in [-0.05, 0) is 31.2 Å². The first-order valence-corrected chi connectivity index (χ1v) is 11.4. The van der Waals surface area contributed by atoms with Gasteiger partial charge in [0, 0.05) is 12.1 Å². The first-order valence-electron chi connectivity index (χ1n) is 11.1. The van der Waals surface area contributed by atoms with Gasteiger partial charge in [-0.15, -0.1) is 0 Å². The zero-order chi connectivity index (χ0) is 26.0. The molecule has 1 N–H and O–H groups in total. The number of benzene rings is 2. The number of allylic oxidation sites excluding steroid dienone is 1. The Labute approximate surface area is 212 Å². The van der Waals surface area contributed by atoms with Crippen LogP contribution in [0.5, 0.6) is 0 Å². The highest BCUT2D eigenvalue weighted by molar-refractivity contribution is 6.33. The fourth-order valence-corrected chi connectivity index (χ4v) is 4.52. The summed E-state index contributed by atoms with van der Waals surface area (Å²) in [5.41, 5.74) is 2.02. The molecule has 0 unspecified atom stereocenters. The van der Waals surface area contributed by atoms with E-state index in [0.717, 1.165) is 4.90 Å². The quantitative estimate of drug-likeness (QED) is 0.325. The summed E-state index contributed by atoms with van der Waals surface area (Å²) in [7, 11) is 1.23. The number of amides is 2. The Morgan fingerprint density at radius 3 is 2.19 bits per heavy atom. The van der Waals surface area contributed by atoms with E-state index in [1.165, 1.54) is 7.11 Å². The summed E-state index contributed by atoms with van der Waals surface area (Å²) in [6, 6.07) is 13.4. The zero-order valence-corrected chi connectivity index (χ0v) is 20.4. The first kappa shape index (κ1) is 25.2. The smallest absolute Gasteiger partial charge is 0.335 e. The largest absolute Gasteiger partial charge is 0.478 e. The van der Waals surface area contributed by atoms with Crippen molar-refractivity contribution in [3.8, 4) is 0 Å². The molecule has 36 heavy (non-hydrogen) atoms. The molecule has 0 aromatic heterocycles. The summed E-state index contributed by atoms with van der Waals surface area (Å²) in [5.74, 6) is -2.67. The van der Waals surface area contributed by atoms with Crippen LogP contribution >= 0.6 is 11.6 Å². The second-order valence-corrected chi connectivity index (χ2v) is 8.52. The Morgan fingerprint density at radius 2 is 1.61 bits per heavy atom. The van der Waals surface area contributed by atoms with E-state index in [2.05, 4.69) is 0 Å². The summed E-state index contributed by atoms with van der Waals surface area (Å²) in [6.45, 7) is 1.48. The molecule has 0 bridgehead atoms. The minimum atomic E-state index is -1.22. The van der Waals surface area contributed by atoms with Gasteiger partial charge in [-0.25, -0.2) is 9.59 Å². The molecule has 10 heteroatoms. The minimum Gasteiger partial charge on any atom is -0.478 e. The van der Waals surface area contributed by atoms with Crippen LogP contribution < -0.4 is 4.90 Å². The van der Waals surface area contributed by atoms with Crippen molar-refractivity contribution in [3.05, 3.63) is 87.2 Å². The number of esters is 1. The van der Waals surface area contributed by atoms with E-state index in [1.807, 2.05) is 0 Å². The molecular weight excluding hydrogens is 488 g/mol. The lowest BCUT2D eigenvalue weighted by Crippen LogP contribution is -2.35. The van der Waals surface area contributed by atoms with E-state index >= 15 is 0 Å². The van der Waals surface area contributed by atoms with Crippen molar-refractivity contribution >= 4 is 41.0 Å². The molecule has 0 aliphatic carbocycles. The van der Waals surface area contributed by atoms with Crippen LogP contribution in [0.15, 0.2) is 71.1 Å². The minimum absolute atomic E-state index is 0.00361. The predicted molar refractivity (Wildman–Crippen MR) is 131 cm³/mol. The van der Waals surface area contributed by atoms with Gasteiger partial charge >= 0.3 is 11.9 Å². The van der Waals surface area contributed by atoms with E-state index in [0.29, 0.717) is 27.5 Å². The van der Waals surface area contributed by atoms with Crippen LogP contribution in [0.25, 0.3) is 0 Å². The fraction of sp³-hybridized carbons (Fsp3) is 0.231. The summed E-state index contributed by atoms with van der Waals surface area (Å²) in [6.07, 6.45) is -0.161. The van der Waals surface area contributed by atoms with Crippen molar-refractivity contribution in [1.82, 2.24) is 4.90 Å². The Kier molecular flexibility index (Phi) is 7.23. The van der Waals surface area contributed by atoms with Gasteiger partial charge in [0.05, 0.1) is 65.5 Å². The number of halogens is 1. The van der Waals surface area contributed by atoms with Gasteiger partial charge < -0.3 is 19.5 Å². The molecule has 2 aromatic rings. The Morgan fingerprint density at radius 1 is 1.00 bits per heavy atom. The van der Waals surface area contributed by atoms with Crippen LogP contribution in [0.1, 0.15) is 34.1 Å². The second-order valence-electron chi connectivity index (χ2n) is 8.11. The van der Waals surface area contributed by atoms with Crippen molar-refractivity contribution in [2.24, 2.45) is 0 Å². The lowest BCUT2D eigenvalue weighted by atomic mass is 9.95. The summed E-state index contributed by atoms with van der Waals surface area (Å²) >= 11 is 6.43. The number of imide groups is 1. The number of carbonyl (C=O) groups is 4. The van der Waals surface area contributed by atoms with E-state index in [9.17, 15) is 24.3 Å². The number of para-hydroxylation sites is 1. The number of aliphatic carboxylic acids is 1. The molecule has 2 aromatic carbocycles. The predicted octanol–water partition coefficient (Wildman–Crippen LogP) is 3.65. The van der Waals surface area contributed by atoms with E-state index in [-0.39, 0.29) is 43.0 Å². The van der Waals surface area contributed by atoms with E-state index < -0.39 is 23.8 Å². The highest BCUT2D eigenvalue weighted by Gasteiger charge is 2.36. The van der Waals surface area contributed by atoms with Gasteiger partial charge in [-0.1, -0.05) is 35.9 Å². The standard InChI is InChI=1S/C26H23ClN2O7/c1-15-18(26(34)35-2)13-19(25(32)33)22(29(15)21-10-6-5-9-20(21)27)14-36-12-11-28-23(30)16-7-3-4-8-17(16)24(28)31/h3-10H,11-14H2,1-2H3,(H,32,33). The lowest BCUT2D eigenvalue weighted by Gasteiger charge is -2.35. The molecular formula is C26H23ClN2O7. The molecule has 0 spiro atoms. The van der Waals surface area contributed by atoms with Crippen LogP contribution in [-0.4, -0.2) is 60.6 Å².